The molecular weight excluding hydrogens is 240 g/mol. The number of hydrogen-bond acceptors (Lipinski definition) is 2. The number of carbonyl (C=O) groups excluding carboxylic acids is 1. The minimum absolute atomic E-state index is 0.220. The van der Waals surface area contributed by atoms with E-state index in [9.17, 15) is 4.79 Å². The summed E-state index contributed by atoms with van der Waals surface area (Å²) in [5.41, 5.74) is 2.66. The maximum Gasteiger partial charge on any atom is 0.278 e. The molecule has 0 radical (unpaired) electrons. The van der Waals surface area contributed by atoms with Gasteiger partial charge in [-0.1, -0.05) is 24.3 Å². The van der Waals surface area contributed by atoms with Crippen LogP contribution >= 0.6 is 0 Å². The molecule has 104 valence electrons. The first-order valence-corrected chi connectivity index (χ1v) is 6.87. The molecule has 0 saturated carbocycles. The van der Waals surface area contributed by atoms with Gasteiger partial charge in [0.05, 0.1) is 6.61 Å². The second-order valence-corrected chi connectivity index (χ2v) is 5.21. The van der Waals surface area contributed by atoms with Gasteiger partial charge in [-0.05, 0) is 24.5 Å². The topological polar surface area (TPSA) is 46.1 Å². The molecule has 1 amide bonds. The Labute approximate surface area is 114 Å². The van der Waals surface area contributed by atoms with E-state index in [1.807, 2.05) is 16.3 Å². The number of methoxy groups -OCH3 is 1. The number of carbonyl (C=O) groups is 1. The highest BCUT2D eigenvalue weighted by Crippen LogP contribution is 2.17. The van der Waals surface area contributed by atoms with Crippen LogP contribution in [0.3, 0.4) is 0 Å². The fraction of sp³-hybridized carbons (Fsp3) is 0.533. The lowest BCUT2D eigenvalue weighted by molar-refractivity contribution is -0.678. The van der Waals surface area contributed by atoms with Crippen molar-refractivity contribution in [2.45, 2.75) is 25.9 Å². The molecule has 1 atom stereocenters. The molecule has 2 N–H and O–H groups in total. The first kappa shape index (κ1) is 14.0. The molecule has 0 bridgehead atoms. The summed E-state index contributed by atoms with van der Waals surface area (Å²) in [6.45, 7) is 4.84. The number of rotatable bonds is 5. The van der Waals surface area contributed by atoms with Gasteiger partial charge >= 0.3 is 0 Å². The van der Waals surface area contributed by atoms with E-state index in [4.69, 9.17) is 4.74 Å². The van der Waals surface area contributed by atoms with E-state index in [0.29, 0.717) is 19.2 Å². The quantitative estimate of drug-likeness (QED) is 0.823. The Kier molecular flexibility index (Phi) is 4.93. The third kappa shape index (κ3) is 3.78. The zero-order valence-corrected chi connectivity index (χ0v) is 11.8. The summed E-state index contributed by atoms with van der Waals surface area (Å²) >= 11 is 0. The summed E-state index contributed by atoms with van der Waals surface area (Å²) in [4.78, 5) is 14.1. The van der Waals surface area contributed by atoms with E-state index in [1.54, 1.807) is 7.11 Å². The van der Waals surface area contributed by atoms with E-state index in [2.05, 4.69) is 25.1 Å². The van der Waals surface area contributed by atoms with Gasteiger partial charge in [0.2, 0.25) is 0 Å². The Hall–Kier alpha value is -1.39. The molecule has 0 fully saturated rings. The summed E-state index contributed by atoms with van der Waals surface area (Å²) in [5.74, 6) is 0.220. The first-order chi connectivity index (χ1) is 9.20. The number of nitrogens with two attached hydrogens (primary N) is 1. The van der Waals surface area contributed by atoms with Crippen LogP contribution < -0.4 is 5.32 Å². The lowest BCUT2D eigenvalue weighted by Gasteiger charge is -2.28. The van der Waals surface area contributed by atoms with E-state index in [-0.39, 0.29) is 5.91 Å². The summed E-state index contributed by atoms with van der Waals surface area (Å²) < 4.78 is 5.07. The Morgan fingerprint density at radius 2 is 2.16 bits per heavy atom. The van der Waals surface area contributed by atoms with Gasteiger partial charge in [0.15, 0.2) is 6.54 Å². The molecule has 0 unspecified atom stereocenters. The fourth-order valence-electron chi connectivity index (χ4n) is 2.47. The molecule has 1 aromatic carbocycles. The number of amides is 1. The average molecular weight is 263 g/mol. The van der Waals surface area contributed by atoms with Crippen LogP contribution in [0.5, 0.6) is 0 Å². The van der Waals surface area contributed by atoms with Crippen LogP contribution in [-0.4, -0.2) is 43.7 Å². The normalized spacial score (nSPS) is 16.0. The highest BCUT2D eigenvalue weighted by atomic mass is 16.5. The Morgan fingerprint density at radius 1 is 1.42 bits per heavy atom. The van der Waals surface area contributed by atoms with Crippen molar-refractivity contribution < 1.29 is 14.8 Å². The zero-order chi connectivity index (χ0) is 13.7. The van der Waals surface area contributed by atoms with Crippen molar-refractivity contribution in [3.63, 3.8) is 0 Å². The van der Waals surface area contributed by atoms with Gasteiger partial charge in [0.1, 0.15) is 6.04 Å². The highest BCUT2D eigenvalue weighted by Gasteiger charge is 2.21. The van der Waals surface area contributed by atoms with E-state index in [1.165, 1.54) is 11.1 Å². The van der Waals surface area contributed by atoms with Crippen LogP contribution in [0.1, 0.15) is 18.1 Å². The molecule has 0 spiro atoms. The Bertz CT molecular complexity index is 434. The van der Waals surface area contributed by atoms with Crippen molar-refractivity contribution in [3.8, 4) is 0 Å². The van der Waals surface area contributed by atoms with Crippen LogP contribution in [0, 0.1) is 0 Å². The predicted molar refractivity (Wildman–Crippen MR) is 73.7 cm³/mol. The number of fused-ring (bicyclic) bond motifs is 1. The lowest BCUT2D eigenvalue weighted by atomic mass is 10.00. The summed E-state index contributed by atoms with van der Waals surface area (Å²) in [7, 11) is 1.69. The second kappa shape index (κ2) is 6.68. The Balaban J connectivity index is 1.85. The fourth-order valence-corrected chi connectivity index (χ4v) is 2.47. The van der Waals surface area contributed by atoms with E-state index in [0.717, 1.165) is 19.5 Å². The maximum absolute atomic E-state index is 12.2. The number of quaternary nitrogens is 1. The minimum atomic E-state index is 0.220. The van der Waals surface area contributed by atoms with Gasteiger partial charge in [-0.25, -0.2) is 0 Å². The second-order valence-electron chi connectivity index (χ2n) is 5.21. The van der Waals surface area contributed by atoms with Gasteiger partial charge in [-0.15, -0.1) is 0 Å². The first-order valence-electron chi connectivity index (χ1n) is 6.87. The number of nitrogens with zero attached hydrogens (tertiary/aromatic N) is 1. The van der Waals surface area contributed by atoms with Gasteiger partial charge in [-0.2, -0.15) is 0 Å². The third-order valence-electron chi connectivity index (χ3n) is 3.61. The molecule has 19 heavy (non-hydrogen) atoms. The number of ether oxygens (including phenoxy) is 1. The predicted octanol–water partition coefficient (Wildman–Crippen LogP) is 0.170. The average Bonchev–Trinajstić information content (AvgIpc) is 2.44. The maximum atomic E-state index is 12.2. The van der Waals surface area contributed by atoms with Gasteiger partial charge in [0, 0.05) is 20.2 Å². The summed E-state index contributed by atoms with van der Waals surface area (Å²) in [6, 6.07) is 8.71. The molecule has 1 aliphatic heterocycles. The monoisotopic (exact) mass is 263 g/mol. The molecule has 1 aromatic rings. The lowest BCUT2D eigenvalue weighted by Crippen LogP contribution is -2.92. The van der Waals surface area contributed by atoms with Crippen LogP contribution in [0.2, 0.25) is 0 Å². The van der Waals surface area contributed by atoms with Gasteiger partial charge in [-0.3, -0.25) is 4.79 Å². The van der Waals surface area contributed by atoms with Crippen LogP contribution in [0.4, 0.5) is 0 Å². The van der Waals surface area contributed by atoms with Gasteiger partial charge < -0.3 is 15.0 Å². The molecule has 0 aromatic heterocycles. The third-order valence-corrected chi connectivity index (χ3v) is 3.61. The SMILES string of the molecule is COC[C@H](C)[NH2+]CC(=O)N1CCc2ccccc2C1. The van der Waals surface area contributed by atoms with Crippen molar-refractivity contribution in [2.75, 3.05) is 26.8 Å². The minimum Gasteiger partial charge on any atom is -0.379 e. The molecule has 1 heterocycles. The highest BCUT2D eigenvalue weighted by molar-refractivity contribution is 5.77. The summed E-state index contributed by atoms with van der Waals surface area (Å²) in [5, 5.41) is 2.05. The van der Waals surface area contributed by atoms with Crippen molar-refractivity contribution in [3.05, 3.63) is 35.4 Å². The standard InChI is InChI=1S/C15H22N2O2/c1-12(11-19-2)16-9-15(18)17-8-7-13-5-3-4-6-14(13)10-17/h3-6,12,16H,7-11H2,1-2H3/p+1/t12-/m0/s1. The zero-order valence-electron chi connectivity index (χ0n) is 11.8. The van der Waals surface area contributed by atoms with E-state index < -0.39 is 0 Å². The Morgan fingerprint density at radius 3 is 2.89 bits per heavy atom. The van der Waals surface area contributed by atoms with Crippen LogP contribution in [0.15, 0.2) is 24.3 Å². The number of hydrogen-bond donors (Lipinski definition) is 1. The van der Waals surface area contributed by atoms with E-state index >= 15 is 0 Å². The molecule has 0 saturated heterocycles. The molecule has 1 aliphatic rings. The van der Waals surface area contributed by atoms with Gasteiger partial charge in [0.25, 0.3) is 5.91 Å². The van der Waals surface area contributed by atoms with Crippen LogP contribution in [-0.2, 0) is 22.5 Å². The van der Waals surface area contributed by atoms with Crippen molar-refractivity contribution >= 4 is 5.91 Å². The molecule has 4 nitrogen and oxygen atoms in total. The molecular formula is C15H23N2O2+. The molecule has 4 heteroatoms. The molecule has 0 aliphatic carbocycles. The van der Waals surface area contributed by atoms with Crippen LogP contribution in [0.25, 0.3) is 0 Å². The molecule has 2 rings (SSSR count). The smallest absolute Gasteiger partial charge is 0.278 e. The van der Waals surface area contributed by atoms with Crippen molar-refractivity contribution in [2.24, 2.45) is 0 Å². The summed E-state index contributed by atoms with van der Waals surface area (Å²) in [6.07, 6.45) is 0.968. The largest absolute Gasteiger partial charge is 0.379 e. The van der Waals surface area contributed by atoms with Crippen molar-refractivity contribution in [1.29, 1.82) is 0 Å². The number of benzene rings is 1. The van der Waals surface area contributed by atoms with Crippen molar-refractivity contribution in [1.82, 2.24) is 4.90 Å².